The summed E-state index contributed by atoms with van der Waals surface area (Å²) in [6.07, 6.45) is -3.24. The molecule has 3 N–H and O–H groups in total. The maximum absolute atomic E-state index is 11.0. The molecule has 0 amide bonds. The molecule has 0 bridgehead atoms. The van der Waals surface area contributed by atoms with Crippen molar-refractivity contribution < 1.29 is 29.6 Å². The molecule has 0 aliphatic carbocycles. The predicted molar refractivity (Wildman–Crippen MR) is 70.4 cm³/mol. The molecule has 1 aromatic carbocycles. The Hall–Kier alpha value is -1.63. The normalized spacial score (nSPS) is 13.6. The molecule has 20 heavy (non-hydrogen) atoms. The van der Waals surface area contributed by atoms with E-state index in [0.717, 1.165) is 0 Å². The number of halogens is 1. The monoisotopic (exact) mass is 302 g/mol. The van der Waals surface area contributed by atoms with Crippen LogP contribution in [0.3, 0.4) is 0 Å². The van der Waals surface area contributed by atoms with Crippen molar-refractivity contribution >= 4 is 23.5 Å². The fourth-order valence-corrected chi connectivity index (χ4v) is 1.90. The van der Waals surface area contributed by atoms with E-state index in [1.165, 1.54) is 25.3 Å². The summed E-state index contributed by atoms with van der Waals surface area (Å²) in [4.78, 5) is 21.6. The van der Waals surface area contributed by atoms with Crippen molar-refractivity contribution in [2.75, 3.05) is 7.11 Å². The van der Waals surface area contributed by atoms with Gasteiger partial charge >= 0.3 is 11.9 Å². The number of hydrogen-bond acceptors (Lipinski definition) is 5. The highest BCUT2D eigenvalue weighted by Gasteiger charge is 2.22. The zero-order chi connectivity index (χ0) is 15.3. The van der Waals surface area contributed by atoms with E-state index in [2.05, 4.69) is 4.74 Å². The molecule has 0 heterocycles. The minimum atomic E-state index is -1.33. The van der Waals surface area contributed by atoms with Gasteiger partial charge in [-0.2, -0.15) is 0 Å². The van der Waals surface area contributed by atoms with Crippen LogP contribution in [0.4, 0.5) is 0 Å². The van der Waals surface area contributed by atoms with Crippen LogP contribution in [0.5, 0.6) is 0 Å². The SMILES string of the molecule is COC(=O)CC(O)C(O)c1ccc(CC(=O)O)c(Cl)c1. The van der Waals surface area contributed by atoms with Crippen LogP contribution in [-0.2, 0) is 20.7 Å². The van der Waals surface area contributed by atoms with Crippen LogP contribution in [0.1, 0.15) is 23.7 Å². The summed E-state index contributed by atoms with van der Waals surface area (Å²) < 4.78 is 4.39. The first kappa shape index (κ1) is 16.4. The number of rotatable bonds is 6. The number of hydrogen-bond donors (Lipinski definition) is 3. The van der Waals surface area contributed by atoms with Gasteiger partial charge in [0.05, 0.1) is 26.1 Å². The van der Waals surface area contributed by atoms with Gasteiger partial charge in [-0.3, -0.25) is 9.59 Å². The van der Waals surface area contributed by atoms with Gasteiger partial charge in [0.25, 0.3) is 0 Å². The molecule has 0 fully saturated rings. The van der Waals surface area contributed by atoms with E-state index in [0.29, 0.717) is 11.1 Å². The van der Waals surface area contributed by atoms with E-state index < -0.39 is 24.1 Å². The molecule has 2 atom stereocenters. The molecule has 0 saturated carbocycles. The van der Waals surface area contributed by atoms with Crippen LogP contribution in [0.15, 0.2) is 18.2 Å². The number of aliphatic hydroxyl groups is 2. The van der Waals surface area contributed by atoms with Crippen molar-refractivity contribution in [2.45, 2.75) is 25.0 Å². The third kappa shape index (κ3) is 4.48. The number of carbonyl (C=O) groups excluding carboxylic acids is 1. The lowest BCUT2D eigenvalue weighted by Crippen LogP contribution is -2.22. The first-order valence-electron chi connectivity index (χ1n) is 5.78. The van der Waals surface area contributed by atoms with Gasteiger partial charge < -0.3 is 20.1 Å². The zero-order valence-electron chi connectivity index (χ0n) is 10.7. The van der Waals surface area contributed by atoms with Gasteiger partial charge in [0.15, 0.2) is 0 Å². The average Bonchev–Trinajstić information content (AvgIpc) is 2.39. The Balaban J connectivity index is 2.83. The highest BCUT2D eigenvalue weighted by atomic mass is 35.5. The molecule has 0 radical (unpaired) electrons. The van der Waals surface area contributed by atoms with Crippen LogP contribution >= 0.6 is 11.6 Å². The lowest BCUT2D eigenvalue weighted by molar-refractivity contribution is -0.144. The van der Waals surface area contributed by atoms with Crippen molar-refractivity contribution in [2.24, 2.45) is 0 Å². The second kappa shape index (κ2) is 7.23. The Bertz CT molecular complexity index is 502. The van der Waals surface area contributed by atoms with Gasteiger partial charge in [-0.05, 0) is 17.2 Å². The van der Waals surface area contributed by atoms with E-state index in [1.54, 1.807) is 0 Å². The molecule has 6 nitrogen and oxygen atoms in total. The minimum Gasteiger partial charge on any atom is -0.481 e. The van der Waals surface area contributed by atoms with Crippen molar-refractivity contribution in [1.82, 2.24) is 0 Å². The van der Waals surface area contributed by atoms with Crippen LogP contribution in [-0.4, -0.2) is 40.5 Å². The molecule has 2 unspecified atom stereocenters. The average molecular weight is 303 g/mol. The fraction of sp³-hybridized carbons (Fsp3) is 0.385. The lowest BCUT2D eigenvalue weighted by Gasteiger charge is -2.18. The number of methoxy groups -OCH3 is 1. The lowest BCUT2D eigenvalue weighted by atomic mass is 10.00. The Morgan fingerprint density at radius 3 is 2.50 bits per heavy atom. The topological polar surface area (TPSA) is 104 Å². The number of esters is 1. The van der Waals surface area contributed by atoms with Crippen molar-refractivity contribution in [3.8, 4) is 0 Å². The quantitative estimate of drug-likeness (QED) is 0.675. The second-order valence-electron chi connectivity index (χ2n) is 4.21. The molecule has 0 saturated heterocycles. The summed E-state index contributed by atoms with van der Waals surface area (Å²) in [6, 6.07) is 4.28. The number of aliphatic hydroxyl groups excluding tert-OH is 2. The first-order valence-corrected chi connectivity index (χ1v) is 6.16. The molecule has 1 rings (SSSR count). The van der Waals surface area contributed by atoms with Gasteiger partial charge in [-0.1, -0.05) is 23.7 Å². The van der Waals surface area contributed by atoms with Crippen LogP contribution in [0.2, 0.25) is 5.02 Å². The third-order valence-corrected chi connectivity index (χ3v) is 3.08. The number of carboxylic acids is 1. The number of ether oxygens (including phenoxy) is 1. The van der Waals surface area contributed by atoms with Gasteiger partial charge in [0, 0.05) is 5.02 Å². The molecule has 7 heteroatoms. The highest BCUT2D eigenvalue weighted by molar-refractivity contribution is 6.31. The molecule has 0 aromatic heterocycles. The number of carboxylic acid groups (broad SMARTS) is 1. The van der Waals surface area contributed by atoms with Crippen molar-refractivity contribution in [1.29, 1.82) is 0 Å². The summed E-state index contributed by atoms with van der Waals surface area (Å²) in [6.45, 7) is 0. The third-order valence-electron chi connectivity index (χ3n) is 2.73. The zero-order valence-corrected chi connectivity index (χ0v) is 11.5. The Kier molecular flexibility index (Phi) is 5.94. The second-order valence-corrected chi connectivity index (χ2v) is 4.62. The summed E-state index contributed by atoms with van der Waals surface area (Å²) in [5, 5.41) is 28.4. The molecular formula is C13H15ClO6. The predicted octanol–water partition coefficient (Wildman–Crippen LogP) is 0.925. The Morgan fingerprint density at radius 1 is 1.35 bits per heavy atom. The number of aliphatic carboxylic acids is 1. The first-order chi connectivity index (χ1) is 9.35. The van der Waals surface area contributed by atoms with Crippen LogP contribution in [0, 0.1) is 0 Å². The Morgan fingerprint density at radius 2 is 2.00 bits per heavy atom. The van der Waals surface area contributed by atoms with Crippen LogP contribution < -0.4 is 0 Å². The van der Waals surface area contributed by atoms with Gasteiger partial charge in [-0.15, -0.1) is 0 Å². The van der Waals surface area contributed by atoms with Gasteiger partial charge in [-0.25, -0.2) is 0 Å². The fourth-order valence-electron chi connectivity index (χ4n) is 1.64. The Labute approximate surface area is 120 Å². The number of carbonyl (C=O) groups is 2. The summed E-state index contributed by atoms with van der Waals surface area (Å²) in [5.74, 6) is -1.67. The van der Waals surface area contributed by atoms with Crippen LogP contribution in [0.25, 0.3) is 0 Å². The molecular weight excluding hydrogens is 288 g/mol. The van der Waals surface area contributed by atoms with E-state index in [1.807, 2.05) is 0 Å². The molecule has 110 valence electrons. The standard InChI is InChI=1S/C13H15ClO6/c1-20-12(18)6-10(15)13(19)8-3-2-7(5-11(16)17)9(14)4-8/h2-4,10,13,15,19H,5-6H2,1H3,(H,16,17). The van der Waals surface area contributed by atoms with E-state index in [4.69, 9.17) is 16.7 Å². The van der Waals surface area contributed by atoms with Gasteiger partial charge in [0.1, 0.15) is 6.10 Å². The summed E-state index contributed by atoms with van der Waals surface area (Å²) >= 11 is 5.91. The highest BCUT2D eigenvalue weighted by Crippen LogP contribution is 2.25. The van der Waals surface area contributed by atoms with E-state index in [-0.39, 0.29) is 17.9 Å². The van der Waals surface area contributed by atoms with Crippen molar-refractivity contribution in [3.63, 3.8) is 0 Å². The van der Waals surface area contributed by atoms with Gasteiger partial charge in [0.2, 0.25) is 0 Å². The summed E-state index contributed by atoms with van der Waals surface area (Å²) in [5.41, 5.74) is 0.693. The smallest absolute Gasteiger partial charge is 0.308 e. The summed E-state index contributed by atoms with van der Waals surface area (Å²) in [7, 11) is 1.18. The molecule has 1 aromatic rings. The number of benzene rings is 1. The molecule has 0 aliphatic rings. The largest absolute Gasteiger partial charge is 0.481 e. The maximum Gasteiger partial charge on any atom is 0.308 e. The van der Waals surface area contributed by atoms with E-state index in [9.17, 15) is 19.8 Å². The van der Waals surface area contributed by atoms with Crippen molar-refractivity contribution in [3.05, 3.63) is 34.3 Å². The molecule has 0 spiro atoms. The maximum atomic E-state index is 11.0. The molecule has 0 aliphatic heterocycles. The van der Waals surface area contributed by atoms with E-state index >= 15 is 0 Å². The minimum absolute atomic E-state index is 0.175.